The lowest BCUT2D eigenvalue weighted by molar-refractivity contribution is 0.0132. The Labute approximate surface area is 109 Å². The second-order valence-corrected chi connectivity index (χ2v) is 4.69. The number of rotatable bonds is 3. The fraction of sp³-hybridized carbons (Fsp3) is 0.364. The van der Waals surface area contributed by atoms with Crippen LogP contribution in [0.25, 0.3) is 0 Å². The van der Waals surface area contributed by atoms with E-state index in [4.69, 9.17) is 11.6 Å². The largest absolute Gasteiger partial charge is 0.391 e. The molecule has 6 nitrogen and oxygen atoms in total. The van der Waals surface area contributed by atoms with Crippen molar-refractivity contribution < 1.29 is 5.11 Å². The number of aliphatic hydroxyl groups is 1. The van der Waals surface area contributed by atoms with E-state index in [1.807, 2.05) is 12.3 Å². The highest BCUT2D eigenvalue weighted by Crippen LogP contribution is 2.34. The van der Waals surface area contributed by atoms with Crippen molar-refractivity contribution in [2.75, 3.05) is 5.32 Å². The maximum absolute atomic E-state index is 9.81. The molecule has 2 N–H and O–H groups in total. The molecule has 3 rings (SSSR count). The molecule has 0 radical (unpaired) electrons. The summed E-state index contributed by atoms with van der Waals surface area (Å²) in [6, 6.07) is 1.82. The second kappa shape index (κ2) is 4.55. The van der Waals surface area contributed by atoms with Gasteiger partial charge in [-0.25, -0.2) is 9.97 Å². The molecule has 1 aliphatic rings. The van der Waals surface area contributed by atoms with Crippen LogP contribution in [0.2, 0.25) is 5.02 Å². The van der Waals surface area contributed by atoms with Crippen LogP contribution in [0.15, 0.2) is 30.9 Å². The topological polar surface area (TPSA) is 75.9 Å². The van der Waals surface area contributed by atoms with Crippen molar-refractivity contribution in [2.24, 2.45) is 0 Å². The van der Waals surface area contributed by atoms with Gasteiger partial charge < -0.3 is 10.4 Å². The summed E-state index contributed by atoms with van der Waals surface area (Å²) in [5.74, 6) is 0.508. The highest BCUT2D eigenvalue weighted by Gasteiger charge is 2.42. The van der Waals surface area contributed by atoms with E-state index in [1.165, 1.54) is 12.4 Å². The summed E-state index contributed by atoms with van der Waals surface area (Å²) in [7, 11) is 0. The van der Waals surface area contributed by atoms with E-state index in [-0.39, 0.29) is 12.1 Å². The van der Waals surface area contributed by atoms with E-state index in [9.17, 15) is 5.11 Å². The quantitative estimate of drug-likeness (QED) is 0.870. The average Bonchev–Trinajstić information content (AvgIpc) is 2.84. The molecule has 94 valence electrons. The minimum atomic E-state index is -0.394. The molecule has 1 fully saturated rings. The van der Waals surface area contributed by atoms with Gasteiger partial charge in [-0.1, -0.05) is 11.6 Å². The molecule has 0 aromatic carbocycles. The van der Waals surface area contributed by atoms with Gasteiger partial charge in [0.1, 0.15) is 0 Å². The molecule has 2 heterocycles. The van der Waals surface area contributed by atoms with Crippen LogP contribution in [0.1, 0.15) is 12.5 Å². The number of aromatic nitrogens is 4. The lowest BCUT2D eigenvalue weighted by Crippen LogP contribution is -2.51. The van der Waals surface area contributed by atoms with Crippen molar-refractivity contribution >= 4 is 17.5 Å². The van der Waals surface area contributed by atoms with Crippen molar-refractivity contribution in [3.05, 3.63) is 35.9 Å². The molecule has 0 amide bonds. The van der Waals surface area contributed by atoms with Crippen LogP contribution in [0.5, 0.6) is 0 Å². The molecular weight excluding hydrogens is 254 g/mol. The predicted octanol–water partition coefficient (Wildman–Crippen LogP) is 1.11. The summed E-state index contributed by atoms with van der Waals surface area (Å²) in [4.78, 5) is 8.15. The third-order valence-corrected chi connectivity index (χ3v) is 3.26. The van der Waals surface area contributed by atoms with E-state index in [0.29, 0.717) is 17.4 Å². The van der Waals surface area contributed by atoms with Crippen LogP contribution < -0.4 is 5.32 Å². The van der Waals surface area contributed by atoms with Gasteiger partial charge in [0, 0.05) is 12.4 Å². The zero-order chi connectivity index (χ0) is 12.5. The van der Waals surface area contributed by atoms with Crippen LogP contribution >= 0.6 is 11.6 Å². The zero-order valence-electron chi connectivity index (χ0n) is 9.44. The molecule has 2 aromatic rings. The van der Waals surface area contributed by atoms with Crippen molar-refractivity contribution in [3.63, 3.8) is 0 Å². The van der Waals surface area contributed by atoms with Crippen molar-refractivity contribution in [1.29, 1.82) is 0 Å². The molecule has 2 aromatic heterocycles. The number of aliphatic hydroxyl groups excluding tert-OH is 1. The van der Waals surface area contributed by atoms with Gasteiger partial charge in [-0.2, -0.15) is 5.10 Å². The van der Waals surface area contributed by atoms with Gasteiger partial charge in [0.2, 0.25) is 5.95 Å². The van der Waals surface area contributed by atoms with E-state index < -0.39 is 6.10 Å². The lowest BCUT2D eigenvalue weighted by Gasteiger charge is -2.41. The van der Waals surface area contributed by atoms with Gasteiger partial charge in [-0.05, 0) is 12.5 Å². The third-order valence-electron chi connectivity index (χ3n) is 3.07. The van der Waals surface area contributed by atoms with Gasteiger partial charge in [0.25, 0.3) is 0 Å². The van der Waals surface area contributed by atoms with E-state index in [0.717, 1.165) is 0 Å². The standard InChI is InChI=1S/C11H12ClN5O/c12-7-5-13-11(14-6-7)16-8-4-9(18)10(8)17-3-1-2-15-17/h1-3,5-6,8-10,18H,4H2,(H,13,14,16)/t8-,9+,10+/m0/s1. The maximum atomic E-state index is 9.81. The minimum absolute atomic E-state index is 0.0704. The number of hydrogen-bond acceptors (Lipinski definition) is 5. The molecule has 0 saturated heterocycles. The van der Waals surface area contributed by atoms with Crippen LogP contribution in [0, 0.1) is 0 Å². The first-order chi connectivity index (χ1) is 8.74. The molecule has 0 aliphatic heterocycles. The molecule has 0 unspecified atom stereocenters. The first kappa shape index (κ1) is 11.4. The second-order valence-electron chi connectivity index (χ2n) is 4.26. The van der Waals surface area contributed by atoms with Crippen molar-refractivity contribution in [2.45, 2.75) is 24.6 Å². The zero-order valence-corrected chi connectivity index (χ0v) is 10.2. The third kappa shape index (κ3) is 2.04. The lowest BCUT2D eigenvalue weighted by atomic mass is 9.83. The maximum Gasteiger partial charge on any atom is 0.222 e. The van der Waals surface area contributed by atoms with E-state index in [1.54, 1.807) is 10.9 Å². The number of nitrogens with zero attached hydrogens (tertiary/aromatic N) is 4. The van der Waals surface area contributed by atoms with Gasteiger partial charge in [0.05, 0.1) is 35.6 Å². The Hall–Kier alpha value is -1.66. The summed E-state index contributed by atoms with van der Waals surface area (Å²) < 4.78 is 1.75. The highest BCUT2D eigenvalue weighted by molar-refractivity contribution is 6.30. The summed E-state index contributed by atoms with van der Waals surface area (Å²) in [5, 5.41) is 17.6. The summed E-state index contributed by atoms with van der Waals surface area (Å²) >= 11 is 5.72. The van der Waals surface area contributed by atoms with Gasteiger partial charge >= 0.3 is 0 Å². The van der Waals surface area contributed by atoms with Crippen LogP contribution in [-0.2, 0) is 0 Å². The van der Waals surface area contributed by atoms with E-state index in [2.05, 4.69) is 20.4 Å². The van der Waals surface area contributed by atoms with Crippen molar-refractivity contribution in [3.8, 4) is 0 Å². The average molecular weight is 266 g/mol. The van der Waals surface area contributed by atoms with Crippen LogP contribution in [0.3, 0.4) is 0 Å². The summed E-state index contributed by atoms with van der Waals surface area (Å²) in [6.07, 6.45) is 6.86. The molecule has 0 spiro atoms. The number of halogens is 1. The molecule has 18 heavy (non-hydrogen) atoms. The fourth-order valence-electron chi connectivity index (χ4n) is 2.13. The monoisotopic (exact) mass is 265 g/mol. The molecule has 3 atom stereocenters. The minimum Gasteiger partial charge on any atom is -0.391 e. The molecule has 1 aliphatic carbocycles. The molecule has 7 heteroatoms. The molecule has 0 bridgehead atoms. The van der Waals surface area contributed by atoms with E-state index >= 15 is 0 Å². The van der Waals surface area contributed by atoms with Crippen LogP contribution in [-0.4, -0.2) is 37.0 Å². The smallest absolute Gasteiger partial charge is 0.222 e. The molecular formula is C11H12ClN5O. The Kier molecular flexibility index (Phi) is 2.89. The Morgan fingerprint density at radius 3 is 2.78 bits per heavy atom. The Morgan fingerprint density at radius 2 is 2.17 bits per heavy atom. The van der Waals surface area contributed by atoms with Gasteiger partial charge in [-0.15, -0.1) is 0 Å². The Morgan fingerprint density at radius 1 is 1.39 bits per heavy atom. The van der Waals surface area contributed by atoms with Crippen LogP contribution in [0.4, 0.5) is 5.95 Å². The summed E-state index contributed by atoms with van der Waals surface area (Å²) in [5.41, 5.74) is 0. The van der Waals surface area contributed by atoms with Crippen molar-refractivity contribution in [1.82, 2.24) is 19.7 Å². The molecule has 1 saturated carbocycles. The van der Waals surface area contributed by atoms with Gasteiger partial charge in [0.15, 0.2) is 0 Å². The Bertz CT molecular complexity index is 515. The Balaban J connectivity index is 1.72. The van der Waals surface area contributed by atoms with Gasteiger partial charge in [-0.3, -0.25) is 4.68 Å². The fourth-order valence-corrected chi connectivity index (χ4v) is 2.22. The number of hydrogen-bond donors (Lipinski definition) is 2. The SMILES string of the molecule is O[C@@H]1C[C@H](Nc2ncc(Cl)cn2)[C@H]1n1cccn1. The number of anilines is 1. The normalized spacial score (nSPS) is 26.7. The number of nitrogens with one attached hydrogen (secondary N) is 1. The summed E-state index contributed by atoms with van der Waals surface area (Å²) in [6.45, 7) is 0. The first-order valence-electron chi connectivity index (χ1n) is 5.65. The first-order valence-corrected chi connectivity index (χ1v) is 6.03. The highest BCUT2D eigenvalue weighted by atomic mass is 35.5. The predicted molar refractivity (Wildman–Crippen MR) is 66.3 cm³/mol.